The van der Waals surface area contributed by atoms with E-state index in [1.807, 2.05) is 6.07 Å². The average molecular weight is 403 g/mol. The van der Waals surface area contributed by atoms with E-state index in [9.17, 15) is 19.2 Å². The van der Waals surface area contributed by atoms with Gasteiger partial charge in [-0.3, -0.25) is 24.3 Å². The molecule has 0 spiro atoms. The van der Waals surface area contributed by atoms with E-state index in [1.54, 1.807) is 19.1 Å². The highest BCUT2D eigenvalue weighted by Gasteiger charge is 2.16. The van der Waals surface area contributed by atoms with E-state index in [0.29, 0.717) is 24.7 Å². The number of esters is 1. The standard InChI is InChI=1S/C19H21N3O7/c1-12(13-2-3-14-15(10-13)28-9-8-27-14)20-17(24)11-29-19(26)6-7-22-18(25)5-4-16(23)21-22/h2-5,10,12H,6-9,11H2,1H3,(H,20,24)(H,21,23)/t12-/m0/s1. The molecule has 0 aliphatic carbocycles. The summed E-state index contributed by atoms with van der Waals surface area (Å²) in [5.74, 6) is 0.150. The van der Waals surface area contributed by atoms with Gasteiger partial charge in [-0.2, -0.15) is 0 Å². The van der Waals surface area contributed by atoms with Crippen molar-refractivity contribution in [2.24, 2.45) is 0 Å². The van der Waals surface area contributed by atoms with Crippen LogP contribution in [-0.4, -0.2) is 41.5 Å². The summed E-state index contributed by atoms with van der Waals surface area (Å²) in [7, 11) is 0. The zero-order valence-corrected chi connectivity index (χ0v) is 15.8. The zero-order valence-electron chi connectivity index (χ0n) is 15.8. The number of carbonyl (C=O) groups is 2. The van der Waals surface area contributed by atoms with E-state index >= 15 is 0 Å². The molecule has 0 saturated heterocycles. The summed E-state index contributed by atoms with van der Waals surface area (Å²) in [6.45, 7) is 2.26. The van der Waals surface area contributed by atoms with Crippen LogP contribution in [0.2, 0.25) is 0 Å². The van der Waals surface area contributed by atoms with Crippen molar-refractivity contribution in [1.82, 2.24) is 15.1 Å². The van der Waals surface area contributed by atoms with Gasteiger partial charge in [0.15, 0.2) is 18.1 Å². The minimum atomic E-state index is -0.663. The maximum absolute atomic E-state index is 12.0. The van der Waals surface area contributed by atoms with Crippen LogP contribution in [-0.2, 0) is 20.9 Å². The number of hydrogen-bond donors (Lipinski definition) is 2. The fourth-order valence-corrected chi connectivity index (χ4v) is 2.75. The number of aromatic nitrogens is 2. The predicted molar refractivity (Wildman–Crippen MR) is 101 cm³/mol. The second-order valence-electron chi connectivity index (χ2n) is 6.40. The van der Waals surface area contributed by atoms with Gasteiger partial charge in [0.1, 0.15) is 13.2 Å². The lowest BCUT2D eigenvalue weighted by Crippen LogP contribution is -2.32. The van der Waals surface area contributed by atoms with Crippen LogP contribution >= 0.6 is 0 Å². The molecule has 2 aromatic rings. The molecule has 1 atom stereocenters. The van der Waals surface area contributed by atoms with Crippen molar-refractivity contribution in [2.75, 3.05) is 19.8 Å². The molecule has 2 N–H and O–H groups in total. The molecule has 0 fully saturated rings. The van der Waals surface area contributed by atoms with E-state index in [2.05, 4.69) is 10.4 Å². The molecule has 1 aromatic heterocycles. The first-order valence-electron chi connectivity index (χ1n) is 9.07. The Bertz CT molecular complexity index is 1010. The molecule has 1 aromatic carbocycles. The highest BCUT2D eigenvalue weighted by Crippen LogP contribution is 2.32. The summed E-state index contributed by atoms with van der Waals surface area (Å²) in [5.41, 5.74) is -0.0739. The summed E-state index contributed by atoms with van der Waals surface area (Å²) in [6.07, 6.45) is -0.162. The molecule has 29 heavy (non-hydrogen) atoms. The van der Waals surface area contributed by atoms with E-state index in [0.717, 1.165) is 22.4 Å². The summed E-state index contributed by atoms with van der Waals surface area (Å²) < 4.78 is 16.9. The fourth-order valence-electron chi connectivity index (χ4n) is 2.75. The van der Waals surface area contributed by atoms with Gasteiger partial charge in [-0.25, -0.2) is 4.68 Å². The lowest BCUT2D eigenvalue weighted by atomic mass is 10.1. The maximum Gasteiger partial charge on any atom is 0.308 e. The topological polar surface area (TPSA) is 129 Å². The smallest absolute Gasteiger partial charge is 0.308 e. The van der Waals surface area contributed by atoms with Gasteiger partial charge in [-0.15, -0.1) is 0 Å². The van der Waals surface area contributed by atoms with Crippen molar-refractivity contribution < 1.29 is 23.8 Å². The highest BCUT2D eigenvalue weighted by molar-refractivity contribution is 5.80. The van der Waals surface area contributed by atoms with Crippen molar-refractivity contribution >= 4 is 11.9 Å². The van der Waals surface area contributed by atoms with E-state index in [-0.39, 0.29) is 19.0 Å². The monoisotopic (exact) mass is 403 g/mol. The number of nitrogens with one attached hydrogen (secondary N) is 2. The number of rotatable bonds is 7. The molecule has 3 rings (SSSR count). The third kappa shape index (κ3) is 5.47. The molecule has 10 nitrogen and oxygen atoms in total. The Morgan fingerprint density at radius 1 is 1.17 bits per heavy atom. The minimum Gasteiger partial charge on any atom is -0.486 e. The summed E-state index contributed by atoms with van der Waals surface area (Å²) in [4.78, 5) is 46.6. The molecule has 0 saturated carbocycles. The van der Waals surface area contributed by atoms with Gasteiger partial charge in [0, 0.05) is 12.1 Å². The second kappa shape index (κ2) is 9.09. The first-order valence-corrected chi connectivity index (χ1v) is 9.07. The number of hydrogen-bond acceptors (Lipinski definition) is 7. The molecule has 1 aliphatic rings. The number of carbonyl (C=O) groups excluding carboxylic acids is 2. The van der Waals surface area contributed by atoms with Crippen molar-refractivity contribution in [3.05, 3.63) is 56.6 Å². The van der Waals surface area contributed by atoms with E-state index < -0.39 is 29.6 Å². The van der Waals surface area contributed by atoms with Crippen LogP contribution in [0.1, 0.15) is 24.9 Å². The number of ether oxygens (including phenoxy) is 3. The third-order valence-corrected chi connectivity index (χ3v) is 4.24. The number of H-pyrrole nitrogens is 1. The van der Waals surface area contributed by atoms with Gasteiger partial charge < -0.3 is 19.5 Å². The summed E-state index contributed by atoms with van der Waals surface area (Å²) in [6, 6.07) is 7.28. The number of nitrogens with zero attached hydrogens (tertiary/aromatic N) is 1. The Balaban J connectivity index is 1.45. The van der Waals surface area contributed by atoms with Crippen molar-refractivity contribution in [3.8, 4) is 11.5 Å². The van der Waals surface area contributed by atoms with Gasteiger partial charge in [-0.1, -0.05) is 6.07 Å². The molecule has 2 heterocycles. The summed E-state index contributed by atoms with van der Waals surface area (Å²) in [5, 5.41) is 5.04. The van der Waals surface area contributed by atoms with Crippen molar-refractivity contribution in [3.63, 3.8) is 0 Å². The molecule has 0 unspecified atom stereocenters. The molecule has 1 aliphatic heterocycles. The minimum absolute atomic E-state index is 0.0526. The van der Waals surface area contributed by atoms with Crippen LogP contribution in [0.5, 0.6) is 11.5 Å². The van der Waals surface area contributed by atoms with Gasteiger partial charge in [0.2, 0.25) is 0 Å². The summed E-state index contributed by atoms with van der Waals surface area (Å²) >= 11 is 0. The largest absolute Gasteiger partial charge is 0.486 e. The van der Waals surface area contributed by atoms with Crippen LogP contribution in [0.25, 0.3) is 0 Å². The Hall–Kier alpha value is -3.56. The molecule has 0 bridgehead atoms. The molecule has 154 valence electrons. The Kier molecular flexibility index (Phi) is 6.32. The molecular formula is C19H21N3O7. The highest BCUT2D eigenvalue weighted by atomic mass is 16.6. The van der Waals surface area contributed by atoms with Crippen molar-refractivity contribution in [2.45, 2.75) is 25.9 Å². The predicted octanol–water partition coefficient (Wildman–Crippen LogP) is 0.119. The quantitative estimate of drug-likeness (QED) is 0.628. The maximum atomic E-state index is 12.0. The number of aromatic amines is 1. The average Bonchev–Trinajstić information content (AvgIpc) is 2.72. The Morgan fingerprint density at radius 2 is 1.93 bits per heavy atom. The lowest BCUT2D eigenvalue weighted by molar-refractivity contribution is -0.149. The second-order valence-corrected chi connectivity index (χ2v) is 6.40. The first-order chi connectivity index (χ1) is 13.9. The van der Waals surface area contributed by atoms with Crippen LogP contribution in [0.4, 0.5) is 0 Å². The van der Waals surface area contributed by atoms with Gasteiger partial charge >= 0.3 is 5.97 Å². The molecular weight excluding hydrogens is 382 g/mol. The fraction of sp³-hybridized carbons (Fsp3) is 0.368. The number of amides is 1. The SMILES string of the molecule is C[C@H](NC(=O)COC(=O)CCn1[nH]c(=O)ccc1=O)c1ccc2c(c1)OCCO2. The third-order valence-electron chi connectivity index (χ3n) is 4.24. The Labute approximate surface area is 165 Å². The van der Waals surface area contributed by atoms with Gasteiger partial charge in [-0.05, 0) is 24.6 Å². The number of aryl methyl sites for hydroxylation is 1. The van der Waals surface area contributed by atoms with E-state index in [1.165, 1.54) is 0 Å². The van der Waals surface area contributed by atoms with Crippen LogP contribution < -0.4 is 25.9 Å². The number of fused-ring (bicyclic) bond motifs is 1. The normalized spacial score (nSPS) is 13.4. The number of benzene rings is 1. The molecule has 0 radical (unpaired) electrons. The Morgan fingerprint density at radius 3 is 2.72 bits per heavy atom. The van der Waals surface area contributed by atoms with Gasteiger partial charge in [0.05, 0.1) is 19.0 Å². The van der Waals surface area contributed by atoms with Crippen LogP contribution in [0, 0.1) is 0 Å². The molecule has 10 heteroatoms. The van der Waals surface area contributed by atoms with Gasteiger partial charge in [0.25, 0.3) is 17.0 Å². The molecule has 1 amide bonds. The van der Waals surface area contributed by atoms with Crippen LogP contribution in [0.3, 0.4) is 0 Å². The van der Waals surface area contributed by atoms with Crippen molar-refractivity contribution in [1.29, 1.82) is 0 Å². The van der Waals surface area contributed by atoms with Crippen LogP contribution in [0.15, 0.2) is 39.9 Å². The van der Waals surface area contributed by atoms with E-state index in [4.69, 9.17) is 14.2 Å². The zero-order chi connectivity index (χ0) is 20.8. The lowest BCUT2D eigenvalue weighted by Gasteiger charge is -2.21. The first kappa shape index (κ1) is 20.2.